The summed E-state index contributed by atoms with van der Waals surface area (Å²) in [5.41, 5.74) is 1.96. The van der Waals surface area contributed by atoms with Crippen molar-refractivity contribution in [1.29, 1.82) is 0 Å². The molecule has 1 N–H and O–H groups in total. The van der Waals surface area contributed by atoms with Crippen LogP contribution in [0.5, 0.6) is 0 Å². The van der Waals surface area contributed by atoms with E-state index in [1.807, 2.05) is 23.6 Å². The number of hydrogen-bond donors (Lipinski definition) is 1. The molecule has 2 unspecified atom stereocenters. The predicted molar refractivity (Wildman–Crippen MR) is 120 cm³/mol. The van der Waals surface area contributed by atoms with E-state index in [0.717, 1.165) is 21.5 Å². The van der Waals surface area contributed by atoms with E-state index in [1.54, 1.807) is 16.3 Å². The Hall–Kier alpha value is -2.97. The van der Waals surface area contributed by atoms with Gasteiger partial charge in [0.15, 0.2) is 5.17 Å². The van der Waals surface area contributed by atoms with Gasteiger partial charge in [-0.3, -0.25) is 9.59 Å². The molecule has 5 rings (SSSR count). The van der Waals surface area contributed by atoms with Gasteiger partial charge in [-0.1, -0.05) is 54.2 Å². The van der Waals surface area contributed by atoms with Gasteiger partial charge in [0.25, 0.3) is 5.91 Å². The van der Waals surface area contributed by atoms with Crippen molar-refractivity contribution in [2.24, 2.45) is 10.1 Å². The summed E-state index contributed by atoms with van der Waals surface area (Å²) >= 11 is 2.82. The Bertz CT molecular complexity index is 1200. The highest BCUT2D eigenvalue weighted by Crippen LogP contribution is 2.40. The van der Waals surface area contributed by atoms with Gasteiger partial charge in [-0.05, 0) is 33.8 Å². The molecule has 0 fully saturated rings. The molecule has 3 heterocycles. The number of carbonyl (C=O) groups excluding carboxylic acids is 1. The molecule has 3 aromatic rings. The fourth-order valence-corrected chi connectivity index (χ4v) is 5.56. The van der Waals surface area contributed by atoms with Gasteiger partial charge < -0.3 is 5.11 Å². The van der Waals surface area contributed by atoms with Crippen molar-refractivity contribution in [2.75, 3.05) is 0 Å². The number of carbonyl (C=O) groups is 2. The van der Waals surface area contributed by atoms with Crippen molar-refractivity contribution >= 4 is 56.6 Å². The van der Waals surface area contributed by atoms with E-state index in [2.05, 4.69) is 41.4 Å². The van der Waals surface area contributed by atoms with Gasteiger partial charge >= 0.3 is 5.97 Å². The third kappa shape index (κ3) is 3.53. The molecular weight excluding hydrogens is 418 g/mol. The van der Waals surface area contributed by atoms with Crippen molar-refractivity contribution in [1.82, 2.24) is 5.01 Å². The molecule has 30 heavy (non-hydrogen) atoms. The number of rotatable bonds is 4. The van der Waals surface area contributed by atoms with Gasteiger partial charge in [-0.25, -0.2) is 5.01 Å². The first-order valence-corrected chi connectivity index (χ1v) is 11.2. The predicted octanol–water partition coefficient (Wildman–Crippen LogP) is 4.53. The van der Waals surface area contributed by atoms with Crippen LogP contribution in [-0.4, -0.2) is 38.1 Å². The van der Waals surface area contributed by atoms with Gasteiger partial charge in [0.1, 0.15) is 5.25 Å². The molecule has 0 bridgehead atoms. The number of thioether (sulfide) groups is 1. The molecule has 0 spiro atoms. The molecule has 2 aliphatic heterocycles. The van der Waals surface area contributed by atoms with Crippen LogP contribution in [0.4, 0.5) is 0 Å². The number of amidine groups is 1. The molecule has 0 aliphatic carbocycles. The summed E-state index contributed by atoms with van der Waals surface area (Å²) < 4.78 is 0. The summed E-state index contributed by atoms with van der Waals surface area (Å²) in [5, 5.41) is 19.8. The maximum absolute atomic E-state index is 12.2. The van der Waals surface area contributed by atoms with E-state index in [-0.39, 0.29) is 12.5 Å². The lowest BCUT2D eigenvalue weighted by atomic mass is 10.00. The molecule has 0 saturated carbocycles. The lowest BCUT2D eigenvalue weighted by molar-refractivity contribution is -0.138. The Kier molecular flexibility index (Phi) is 4.88. The van der Waals surface area contributed by atoms with Gasteiger partial charge in [0.05, 0.1) is 18.2 Å². The molecule has 1 aromatic heterocycles. The molecular formula is C22H17N3O3S2. The Morgan fingerprint density at radius 3 is 2.73 bits per heavy atom. The molecule has 2 aromatic carbocycles. The zero-order chi connectivity index (χ0) is 20.7. The number of hydrazone groups is 1. The number of nitrogens with zero attached hydrogens (tertiary/aromatic N) is 3. The summed E-state index contributed by atoms with van der Waals surface area (Å²) in [6.45, 7) is 0. The smallest absolute Gasteiger partial charge is 0.305 e. The maximum Gasteiger partial charge on any atom is 0.305 e. The van der Waals surface area contributed by atoms with E-state index in [0.29, 0.717) is 11.6 Å². The minimum Gasteiger partial charge on any atom is -0.481 e. The van der Waals surface area contributed by atoms with Crippen LogP contribution in [0.3, 0.4) is 0 Å². The molecule has 8 heteroatoms. The quantitative estimate of drug-likeness (QED) is 0.651. The summed E-state index contributed by atoms with van der Waals surface area (Å²) in [6, 6.07) is 18.5. The van der Waals surface area contributed by atoms with Crippen molar-refractivity contribution in [2.45, 2.75) is 24.1 Å². The third-order valence-electron chi connectivity index (χ3n) is 5.15. The normalized spacial score (nSPS) is 21.2. The van der Waals surface area contributed by atoms with Crippen LogP contribution in [0.1, 0.15) is 29.3 Å². The lowest BCUT2D eigenvalue weighted by Crippen LogP contribution is -2.23. The first-order valence-electron chi connectivity index (χ1n) is 9.49. The van der Waals surface area contributed by atoms with Crippen LogP contribution in [0.2, 0.25) is 0 Å². The molecule has 2 aliphatic rings. The highest BCUT2D eigenvalue weighted by Gasteiger charge is 2.39. The second-order valence-corrected chi connectivity index (χ2v) is 9.27. The SMILES string of the molecule is O=C(O)CC1SC(N2N=C(c3ccc4ccccc4c3)CC2c2cccs2)=NC1=O. The number of hydrogen-bond acceptors (Lipinski definition) is 6. The van der Waals surface area contributed by atoms with Crippen LogP contribution in [0.25, 0.3) is 10.8 Å². The average molecular weight is 436 g/mol. The lowest BCUT2D eigenvalue weighted by Gasteiger charge is -2.21. The van der Waals surface area contributed by atoms with Crippen molar-refractivity contribution < 1.29 is 14.7 Å². The summed E-state index contributed by atoms with van der Waals surface area (Å²) in [4.78, 5) is 28.6. The number of benzene rings is 2. The van der Waals surface area contributed by atoms with Crippen LogP contribution in [-0.2, 0) is 9.59 Å². The number of aliphatic carboxylic acids is 1. The second kappa shape index (κ2) is 7.70. The second-order valence-electron chi connectivity index (χ2n) is 7.13. The minimum atomic E-state index is -1.01. The van der Waals surface area contributed by atoms with Crippen LogP contribution < -0.4 is 0 Å². The molecule has 0 saturated heterocycles. The summed E-state index contributed by atoms with van der Waals surface area (Å²) in [6.07, 6.45) is 0.450. The number of fused-ring (bicyclic) bond motifs is 1. The number of carboxylic acids is 1. The van der Waals surface area contributed by atoms with Crippen molar-refractivity contribution in [3.8, 4) is 0 Å². The van der Waals surface area contributed by atoms with E-state index in [9.17, 15) is 9.59 Å². The average Bonchev–Trinajstić information content (AvgIpc) is 3.47. The maximum atomic E-state index is 12.2. The fraction of sp³-hybridized carbons (Fsp3) is 0.182. The van der Waals surface area contributed by atoms with Crippen molar-refractivity contribution in [3.63, 3.8) is 0 Å². The Labute approximate surface area is 180 Å². The zero-order valence-corrected chi connectivity index (χ0v) is 17.4. The van der Waals surface area contributed by atoms with Gasteiger partial charge in [-0.2, -0.15) is 10.1 Å². The zero-order valence-electron chi connectivity index (χ0n) is 15.8. The van der Waals surface area contributed by atoms with E-state index in [4.69, 9.17) is 10.2 Å². The Morgan fingerprint density at radius 1 is 1.13 bits per heavy atom. The number of aliphatic imine (C=N–C) groups is 1. The molecule has 0 radical (unpaired) electrons. The van der Waals surface area contributed by atoms with E-state index < -0.39 is 17.1 Å². The van der Waals surface area contributed by atoms with Crippen LogP contribution in [0, 0.1) is 0 Å². The van der Waals surface area contributed by atoms with Crippen LogP contribution in [0.15, 0.2) is 70.1 Å². The molecule has 150 valence electrons. The van der Waals surface area contributed by atoms with E-state index >= 15 is 0 Å². The van der Waals surface area contributed by atoms with E-state index in [1.165, 1.54) is 17.1 Å². The van der Waals surface area contributed by atoms with Gasteiger partial charge in [-0.15, -0.1) is 11.3 Å². The third-order valence-corrected chi connectivity index (χ3v) is 7.27. The van der Waals surface area contributed by atoms with Gasteiger partial charge in [0.2, 0.25) is 0 Å². The first kappa shape index (κ1) is 19.0. The topological polar surface area (TPSA) is 82.3 Å². The number of amides is 1. The largest absolute Gasteiger partial charge is 0.481 e. The Balaban J connectivity index is 1.50. The summed E-state index contributed by atoms with van der Waals surface area (Å²) in [7, 11) is 0. The minimum absolute atomic E-state index is 0.0610. The first-order chi connectivity index (χ1) is 14.6. The fourth-order valence-electron chi connectivity index (χ4n) is 3.70. The highest BCUT2D eigenvalue weighted by molar-refractivity contribution is 8.15. The van der Waals surface area contributed by atoms with Crippen molar-refractivity contribution in [3.05, 3.63) is 70.4 Å². The Morgan fingerprint density at radius 2 is 1.97 bits per heavy atom. The highest BCUT2D eigenvalue weighted by atomic mass is 32.2. The number of carboxylic acid groups (broad SMARTS) is 1. The summed E-state index contributed by atoms with van der Waals surface area (Å²) in [5.74, 6) is -1.41. The molecule has 1 amide bonds. The standard InChI is InChI=1S/C22H17N3O3S2/c26-20(27)12-19-21(28)23-22(30-19)25-17(18-6-3-9-29-18)11-16(24-25)15-8-7-13-4-1-2-5-14(13)10-15/h1-10,17,19H,11-12H2,(H,26,27). The molecule has 2 atom stereocenters. The van der Waals surface area contributed by atoms with Crippen LogP contribution >= 0.6 is 23.1 Å². The number of thiophene rings is 1. The molecule has 6 nitrogen and oxygen atoms in total. The monoisotopic (exact) mass is 435 g/mol. The van der Waals surface area contributed by atoms with Gasteiger partial charge in [0, 0.05) is 11.3 Å².